The molecule has 4 aromatic rings. The molecule has 1 atom stereocenters. The molecule has 178 valence electrons. The molecule has 1 aliphatic rings. The van der Waals surface area contributed by atoms with Crippen LogP contribution < -0.4 is 16.3 Å². The first-order chi connectivity index (χ1) is 17.0. The third kappa shape index (κ3) is 4.74. The molecule has 11 heteroatoms. The van der Waals surface area contributed by atoms with Crippen LogP contribution in [0.3, 0.4) is 0 Å². The highest BCUT2D eigenvalue weighted by Crippen LogP contribution is 2.33. The Labute approximate surface area is 199 Å². The second kappa shape index (κ2) is 9.37. The molecule has 2 amide bonds. The summed E-state index contributed by atoms with van der Waals surface area (Å²) in [7, 11) is 0. The van der Waals surface area contributed by atoms with Crippen LogP contribution in [0.4, 0.5) is 0 Å². The summed E-state index contributed by atoms with van der Waals surface area (Å²) in [6.45, 7) is 2.28. The number of H-pyrrole nitrogens is 2. The van der Waals surface area contributed by atoms with Crippen molar-refractivity contribution in [3.8, 4) is 11.4 Å². The Morgan fingerprint density at radius 3 is 2.71 bits per heavy atom. The van der Waals surface area contributed by atoms with Gasteiger partial charge in [0.1, 0.15) is 23.5 Å². The largest absolute Gasteiger partial charge is 0.469 e. The van der Waals surface area contributed by atoms with E-state index in [1.807, 2.05) is 31.2 Å². The number of carbonyl (C=O) groups excluding carboxylic acids is 2. The summed E-state index contributed by atoms with van der Waals surface area (Å²) in [5.74, 6) is 0.518. The summed E-state index contributed by atoms with van der Waals surface area (Å²) in [5, 5.41) is 12.1. The van der Waals surface area contributed by atoms with Crippen molar-refractivity contribution in [1.29, 1.82) is 0 Å². The molecule has 1 aromatic carbocycles. The number of hydrogen-bond acceptors (Lipinski definition) is 7. The molecule has 0 unspecified atom stereocenters. The fraction of sp³-hybridized carbons (Fsp3) is 0.250. The monoisotopic (exact) mass is 473 g/mol. The second-order valence-electron chi connectivity index (χ2n) is 8.25. The highest BCUT2D eigenvalue weighted by Gasteiger charge is 2.26. The molecular formula is C24H23N7O4. The number of aryl methyl sites for hydroxylation is 2. The summed E-state index contributed by atoms with van der Waals surface area (Å²) >= 11 is 0. The fourth-order valence-corrected chi connectivity index (χ4v) is 4.14. The van der Waals surface area contributed by atoms with Gasteiger partial charge in [-0.05, 0) is 36.1 Å². The molecule has 5 rings (SSSR count). The summed E-state index contributed by atoms with van der Waals surface area (Å²) in [6.07, 6.45) is 5.08. The zero-order valence-corrected chi connectivity index (χ0v) is 18.9. The molecule has 0 aliphatic heterocycles. The van der Waals surface area contributed by atoms with E-state index in [4.69, 9.17) is 4.42 Å². The van der Waals surface area contributed by atoms with E-state index in [1.54, 1.807) is 6.26 Å². The van der Waals surface area contributed by atoms with Crippen LogP contribution in [0.1, 0.15) is 62.8 Å². The molecule has 4 N–H and O–H groups in total. The van der Waals surface area contributed by atoms with E-state index in [2.05, 4.69) is 35.8 Å². The lowest BCUT2D eigenvalue weighted by molar-refractivity contribution is 0.0931. The molecule has 0 saturated heterocycles. The van der Waals surface area contributed by atoms with Crippen LogP contribution in [-0.2, 0) is 19.4 Å². The predicted molar refractivity (Wildman–Crippen MR) is 124 cm³/mol. The standard InChI is InChI=1S/C24H23N7O4/c1-2-16-7-13(11-35-16)10-25-22(32)19-9-20(27-12-26-19)23(33)28-18-6-4-14-8-15(3-5-17(14)18)21-29-24(34)31-30-21/h3,5,7-9,11-12,18H,2,4,6,10H2,1H3,(H,25,32)(H,28,33)(H2,29,30,31,34)/t18-/m0/s1. The van der Waals surface area contributed by atoms with Crippen LogP contribution in [0.2, 0.25) is 0 Å². The van der Waals surface area contributed by atoms with Crippen LogP contribution in [-0.4, -0.2) is 37.0 Å². The average molecular weight is 473 g/mol. The van der Waals surface area contributed by atoms with Crippen LogP contribution in [0.15, 0.2) is 52.1 Å². The maximum atomic E-state index is 12.9. The lowest BCUT2D eigenvalue weighted by Crippen LogP contribution is -2.29. The molecule has 35 heavy (non-hydrogen) atoms. The van der Waals surface area contributed by atoms with Gasteiger partial charge in [-0.1, -0.05) is 19.1 Å². The lowest BCUT2D eigenvalue weighted by atomic mass is 10.0. The number of benzene rings is 1. The van der Waals surface area contributed by atoms with Crippen molar-refractivity contribution in [3.63, 3.8) is 0 Å². The molecule has 3 aromatic heterocycles. The Bertz CT molecular complexity index is 1450. The number of rotatable bonds is 7. The zero-order chi connectivity index (χ0) is 24.4. The van der Waals surface area contributed by atoms with E-state index in [1.165, 1.54) is 12.4 Å². The van der Waals surface area contributed by atoms with Gasteiger partial charge >= 0.3 is 5.69 Å². The maximum Gasteiger partial charge on any atom is 0.340 e. The molecular weight excluding hydrogens is 450 g/mol. The predicted octanol–water partition coefficient (Wildman–Crippen LogP) is 2.06. The van der Waals surface area contributed by atoms with Gasteiger partial charge < -0.3 is 15.1 Å². The summed E-state index contributed by atoms with van der Waals surface area (Å²) in [6, 6.07) is 8.82. The summed E-state index contributed by atoms with van der Waals surface area (Å²) in [5.41, 5.74) is 3.57. The fourth-order valence-electron chi connectivity index (χ4n) is 4.14. The van der Waals surface area contributed by atoms with Gasteiger partial charge in [-0.3, -0.25) is 14.6 Å². The Morgan fingerprint density at radius 1 is 1.14 bits per heavy atom. The van der Waals surface area contributed by atoms with E-state index in [0.717, 1.165) is 47.3 Å². The van der Waals surface area contributed by atoms with Gasteiger partial charge in [-0.25, -0.2) is 19.9 Å². The Balaban J connectivity index is 1.24. The third-order valence-corrected chi connectivity index (χ3v) is 5.94. The first-order valence-corrected chi connectivity index (χ1v) is 11.3. The molecule has 0 spiro atoms. The van der Waals surface area contributed by atoms with Gasteiger partial charge in [-0.2, -0.15) is 5.10 Å². The van der Waals surface area contributed by atoms with Crippen LogP contribution >= 0.6 is 0 Å². The smallest absolute Gasteiger partial charge is 0.340 e. The summed E-state index contributed by atoms with van der Waals surface area (Å²) in [4.78, 5) is 47.4. The number of aromatic nitrogens is 5. The Hall–Kier alpha value is -4.54. The molecule has 3 heterocycles. The highest BCUT2D eigenvalue weighted by atomic mass is 16.3. The molecule has 0 saturated carbocycles. The minimum atomic E-state index is -0.407. The SMILES string of the molecule is CCc1cc(CNC(=O)c2cc(C(=O)N[C@H]3CCc4cc(-c5n[nH]c(=O)[nH]5)ccc43)ncn2)co1. The Morgan fingerprint density at radius 2 is 1.97 bits per heavy atom. The minimum Gasteiger partial charge on any atom is -0.469 e. The Kier molecular flexibility index (Phi) is 5.96. The van der Waals surface area contributed by atoms with Gasteiger partial charge in [0.2, 0.25) is 0 Å². The molecule has 0 bridgehead atoms. The number of fused-ring (bicyclic) bond motifs is 1. The van der Waals surface area contributed by atoms with Crippen molar-refractivity contribution in [1.82, 2.24) is 35.8 Å². The van der Waals surface area contributed by atoms with Crippen molar-refractivity contribution in [2.75, 3.05) is 0 Å². The van der Waals surface area contributed by atoms with E-state index in [9.17, 15) is 14.4 Å². The lowest BCUT2D eigenvalue weighted by Gasteiger charge is -2.14. The number of furan rings is 1. The molecule has 0 radical (unpaired) electrons. The first-order valence-electron chi connectivity index (χ1n) is 11.3. The highest BCUT2D eigenvalue weighted by molar-refractivity contribution is 5.97. The van der Waals surface area contributed by atoms with Crippen molar-refractivity contribution in [3.05, 3.63) is 87.2 Å². The number of nitrogens with one attached hydrogen (secondary N) is 4. The first kappa shape index (κ1) is 22.3. The van der Waals surface area contributed by atoms with Crippen LogP contribution in [0.5, 0.6) is 0 Å². The van der Waals surface area contributed by atoms with Crippen LogP contribution in [0.25, 0.3) is 11.4 Å². The zero-order valence-electron chi connectivity index (χ0n) is 18.9. The quantitative estimate of drug-likeness (QED) is 0.320. The van der Waals surface area contributed by atoms with Gasteiger partial charge in [0.05, 0.1) is 12.3 Å². The van der Waals surface area contributed by atoms with Gasteiger partial charge in [0.15, 0.2) is 5.82 Å². The third-order valence-electron chi connectivity index (χ3n) is 5.94. The van der Waals surface area contributed by atoms with E-state index < -0.39 is 5.91 Å². The van der Waals surface area contributed by atoms with Gasteiger partial charge in [0, 0.05) is 30.2 Å². The average Bonchev–Trinajstić information content (AvgIpc) is 3.62. The number of aromatic amines is 2. The van der Waals surface area contributed by atoms with Crippen molar-refractivity contribution < 1.29 is 14.0 Å². The normalized spacial score (nSPS) is 14.5. The van der Waals surface area contributed by atoms with Crippen molar-refractivity contribution >= 4 is 11.8 Å². The van der Waals surface area contributed by atoms with Gasteiger partial charge in [-0.15, -0.1) is 0 Å². The van der Waals surface area contributed by atoms with E-state index >= 15 is 0 Å². The topological polar surface area (TPSA) is 159 Å². The van der Waals surface area contributed by atoms with Crippen LogP contribution in [0, 0.1) is 0 Å². The van der Waals surface area contributed by atoms with E-state index in [-0.39, 0.29) is 29.0 Å². The summed E-state index contributed by atoms with van der Waals surface area (Å²) < 4.78 is 5.37. The number of nitrogens with zero attached hydrogens (tertiary/aromatic N) is 3. The number of carbonyl (C=O) groups is 2. The van der Waals surface area contributed by atoms with Crippen molar-refractivity contribution in [2.45, 2.75) is 38.8 Å². The van der Waals surface area contributed by atoms with Crippen molar-refractivity contribution in [2.24, 2.45) is 0 Å². The molecule has 1 aliphatic carbocycles. The minimum absolute atomic E-state index is 0.105. The number of hydrogen-bond donors (Lipinski definition) is 4. The molecule has 0 fully saturated rings. The second-order valence-corrected chi connectivity index (χ2v) is 8.25. The van der Waals surface area contributed by atoms with E-state index in [0.29, 0.717) is 12.4 Å². The van der Waals surface area contributed by atoms with Gasteiger partial charge in [0.25, 0.3) is 11.8 Å². The maximum absolute atomic E-state index is 12.9. The number of amides is 2. The molecule has 11 nitrogen and oxygen atoms in total.